The summed E-state index contributed by atoms with van der Waals surface area (Å²) >= 11 is 0. The normalized spacial score (nSPS) is 20.5. The molecule has 6 aromatic carbocycles. The quantitative estimate of drug-likeness (QED) is 0.0845. The topological polar surface area (TPSA) is 93.2 Å². The van der Waals surface area contributed by atoms with E-state index >= 15 is 0 Å². The first-order chi connectivity index (χ1) is 36.9. The Balaban J connectivity index is 0.000000194. The van der Waals surface area contributed by atoms with Gasteiger partial charge in [0.05, 0.1) is 12.1 Å². The van der Waals surface area contributed by atoms with Crippen molar-refractivity contribution >= 4 is 55.3 Å². The van der Waals surface area contributed by atoms with E-state index in [9.17, 15) is 9.59 Å². The molecule has 404 valence electrons. The van der Waals surface area contributed by atoms with Gasteiger partial charge in [-0.15, -0.1) is 0 Å². The minimum absolute atomic E-state index is 0.0366. The molecule has 4 fully saturated rings. The molecule has 2 heterocycles. The van der Waals surface area contributed by atoms with Crippen LogP contribution in [-0.2, 0) is 28.0 Å². The van der Waals surface area contributed by atoms with Crippen LogP contribution in [0.2, 0.25) is 10.1 Å². The Morgan fingerprint density at radius 2 is 0.844 bits per heavy atom. The van der Waals surface area contributed by atoms with E-state index in [1.807, 2.05) is 12.1 Å². The van der Waals surface area contributed by atoms with Crippen LogP contribution in [0, 0.1) is 28.6 Å². The third-order valence-electron chi connectivity index (χ3n) is 18.0. The first kappa shape index (κ1) is 57.2. The van der Waals surface area contributed by atoms with Gasteiger partial charge in [-0.05, 0) is 111 Å². The number of carbonyl (C=O) groups excluding carboxylic acids is 4. The molecule has 77 heavy (non-hydrogen) atoms. The second kappa shape index (κ2) is 23.9. The molecule has 6 aromatic rings. The zero-order chi connectivity index (χ0) is 55.1. The highest BCUT2D eigenvalue weighted by atomic mass is 28.4. The van der Waals surface area contributed by atoms with E-state index in [0.29, 0.717) is 24.2 Å². The highest BCUT2D eigenvalue weighted by molar-refractivity contribution is 7.00. The van der Waals surface area contributed by atoms with Crippen molar-refractivity contribution in [3.05, 3.63) is 193 Å². The van der Waals surface area contributed by atoms with Crippen molar-refractivity contribution in [1.29, 1.82) is 0 Å². The number of amides is 2. The average Bonchev–Trinajstić information content (AvgIpc) is 4.41. The molecular formula is C67H82N2O6Si2. The standard InChI is InChI=1S/C34H43NO2Si.C32H39NO2Si.CO2/c1-6-30-31(24-35(32(30)36)26(2)27-16-10-7-11-17-27)34(22-23-34)25-37-38(33(3,4)5,28-18-12-8-13-19-28)29-20-14-9-15-21-29;1-25(26-14-8-5-9-15-26)33-23-27(22-30(33)34)32(20-21-32)24-35-36(31(2,3)4,28-16-10-6-11-17-28)29-18-12-7-13-19-29;2-1-3/h7-21,26,30-31H,6,22-25H2,1-5H3;5-19,25,27H,20-24H2,1-4H3;/t26-,30?,31+;25-,27-;/m00./s1. The fraction of sp³-hybridized carbons (Fsp3) is 0.418. The van der Waals surface area contributed by atoms with Crippen LogP contribution in [0.4, 0.5) is 0 Å². The smallest absolute Gasteiger partial charge is 0.373 e. The van der Waals surface area contributed by atoms with Crippen LogP contribution in [0.25, 0.3) is 0 Å². The van der Waals surface area contributed by atoms with Crippen molar-refractivity contribution < 1.29 is 28.0 Å². The summed E-state index contributed by atoms with van der Waals surface area (Å²) in [6.07, 6.45) is 6.37. The molecule has 2 amide bonds. The number of hydrogen-bond acceptors (Lipinski definition) is 6. The Bertz CT molecular complexity index is 2800. The zero-order valence-corrected chi connectivity index (χ0v) is 49.1. The van der Waals surface area contributed by atoms with E-state index in [4.69, 9.17) is 18.4 Å². The number of carbonyl (C=O) groups is 2. The van der Waals surface area contributed by atoms with Gasteiger partial charge in [0.1, 0.15) is 0 Å². The van der Waals surface area contributed by atoms with Crippen LogP contribution >= 0.6 is 0 Å². The van der Waals surface area contributed by atoms with Gasteiger partial charge in [0.25, 0.3) is 16.6 Å². The van der Waals surface area contributed by atoms with Gasteiger partial charge in [-0.2, -0.15) is 9.59 Å². The van der Waals surface area contributed by atoms with Gasteiger partial charge in [-0.3, -0.25) is 9.59 Å². The van der Waals surface area contributed by atoms with Gasteiger partial charge in [-0.25, -0.2) is 0 Å². The SMILES string of the molecule is CCC1C(=O)N([C@@H](C)c2ccccc2)C[C@H]1C1(CO[Si](c2ccccc2)(c2ccccc2)C(C)(C)C)CC1.C[C@@H](c1ccccc1)N1C[C@@H](C2(CO[Si](c3ccccc3)(c3ccccc3)C(C)(C)C)CC2)CC1=O.O=C=O. The lowest BCUT2D eigenvalue weighted by molar-refractivity contribution is -0.191. The zero-order valence-electron chi connectivity index (χ0n) is 47.1. The first-order valence-electron chi connectivity index (χ1n) is 28.1. The summed E-state index contributed by atoms with van der Waals surface area (Å²) in [6, 6.07) is 64.7. The number of hydrogen-bond donors (Lipinski definition) is 0. The predicted molar refractivity (Wildman–Crippen MR) is 314 cm³/mol. The Hall–Kier alpha value is -6.01. The molecule has 2 saturated heterocycles. The summed E-state index contributed by atoms with van der Waals surface area (Å²) in [5.41, 5.74) is 2.60. The van der Waals surface area contributed by atoms with E-state index in [-0.39, 0.29) is 51.0 Å². The van der Waals surface area contributed by atoms with Crippen molar-refractivity contribution in [3.63, 3.8) is 0 Å². The molecule has 0 aromatic heterocycles. The van der Waals surface area contributed by atoms with Crippen molar-refractivity contribution in [2.24, 2.45) is 28.6 Å². The van der Waals surface area contributed by atoms with Crippen LogP contribution in [-0.4, -0.2) is 70.7 Å². The molecule has 2 aliphatic heterocycles. The van der Waals surface area contributed by atoms with Crippen molar-refractivity contribution in [2.45, 2.75) is 123 Å². The Morgan fingerprint density at radius 1 is 0.519 bits per heavy atom. The maximum atomic E-state index is 13.7. The largest absolute Gasteiger partial charge is 0.407 e. The van der Waals surface area contributed by atoms with E-state index in [1.54, 1.807) is 0 Å². The van der Waals surface area contributed by atoms with Gasteiger partial charge >= 0.3 is 6.15 Å². The Labute approximate surface area is 461 Å². The lowest BCUT2D eigenvalue weighted by atomic mass is 9.80. The molecule has 0 radical (unpaired) electrons. The maximum Gasteiger partial charge on any atom is 0.373 e. The van der Waals surface area contributed by atoms with Crippen LogP contribution < -0.4 is 20.7 Å². The van der Waals surface area contributed by atoms with Crippen LogP contribution in [0.1, 0.15) is 124 Å². The van der Waals surface area contributed by atoms with Crippen LogP contribution in [0.5, 0.6) is 0 Å². The highest BCUT2D eigenvalue weighted by Gasteiger charge is 2.61. The molecular weight excluding hydrogens is 985 g/mol. The second-order valence-corrected chi connectivity index (χ2v) is 33.1. The van der Waals surface area contributed by atoms with E-state index in [2.05, 4.69) is 242 Å². The van der Waals surface area contributed by atoms with Gasteiger partial charge in [0, 0.05) is 38.6 Å². The molecule has 1 unspecified atom stereocenters. The summed E-state index contributed by atoms with van der Waals surface area (Å²) in [5, 5.41) is 5.20. The summed E-state index contributed by atoms with van der Waals surface area (Å²) < 4.78 is 14.8. The Kier molecular flexibility index (Phi) is 17.8. The van der Waals surface area contributed by atoms with Crippen molar-refractivity contribution in [3.8, 4) is 0 Å². The average molecular weight is 1070 g/mol. The second-order valence-electron chi connectivity index (χ2n) is 24.4. The summed E-state index contributed by atoms with van der Waals surface area (Å²) in [7, 11) is -5.19. The summed E-state index contributed by atoms with van der Waals surface area (Å²) in [4.78, 5) is 47.4. The van der Waals surface area contributed by atoms with Gasteiger partial charge in [-0.1, -0.05) is 230 Å². The highest BCUT2D eigenvalue weighted by Crippen LogP contribution is 2.59. The minimum atomic E-state index is -2.61. The number of nitrogens with zero attached hydrogens (tertiary/aromatic N) is 2. The summed E-state index contributed by atoms with van der Waals surface area (Å²) in [6.45, 7) is 23.7. The molecule has 0 spiro atoms. The van der Waals surface area contributed by atoms with Gasteiger partial charge in [0.15, 0.2) is 0 Å². The Morgan fingerprint density at radius 3 is 1.17 bits per heavy atom. The molecule has 5 atom stereocenters. The van der Waals surface area contributed by atoms with Crippen molar-refractivity contribution in [2.75, 3.05) is 26.3 Å². The molecule has 2 saturated carbocycles. The fourth-order valence-electron chi connectivity index (χ4n) is 13.2. The van der Waals surface area contributed by atoms with Crippen molar-refractivity contribution in [1.82, 2.24) is 9.80 Å². The van der Waals surface area contributed by atoms with Gasteiger partial charge in [0.2, 0.25) is 11.8 Å². The van der Waals surface area contributed by atoms with Crippen LogP contribution in [0.15, 0.2) is 182 Å². The number of benzene rings is 6. The molecule has 2 aliphatic carbocycles. The van der Waals surface area contributed by atoms with Gasteiger partial charge < -0.3 is 18.7 Å². The van der Waals surface area contributed by atoms with E-state index in [1.165, 1.54) is 31.9 Å². The lowest BCUT2D eigenvalue weighted by Gasteiger charge is -2.44. The molecule has 10 heteroatoms. The molecule has 0 bridgehead atoms. The van der Waals surface area contributed by atoms with E-state index < -0.39 is 16.6 Å². The monoisotopic (exact) mass is 1070 g/mol. The predicted octanol–water partition coefficient (Wildman–Crippen LogP) is 12.0. The van der Waals surface area contributed by atoms with E-state index in [0.717, 1.165) is 58.4 Å². The number of rotatable bonds is 17. The third-order valence-corrected chi connectivity index (χ3v) is 28.0. The molecule has 0 N–H and O–H groups in total. The fourth-order valence-corrected chi connectivity index (χ4v) is 22.5. The third kappa shape index (κ3) is 11.7. The molecule has 8 nitrogen and oxygen atoms in total. The molecule has 4 aliphatic rings. The summed E-state index contributed by atoms with van der Waals surface area (Å²) in [5.74, 6) is 1.38. The first-order valence-corrected chi connectivity index (χ1v) is 31.9. The maximum absolute atomic E-state index is 13.7. The number of likely N-dealkylation sites (tertiary alicyclic amines) is 2. The minimum Gasteiger partial charge on any atom is -0.407 e. The molecule has 10 rings (SSSR count). The van der Waals surface area contributed by atoms with Crippen LogP contribution in [0.3, 0.4) is 0 Å². The lowest BCUT2D eigenvalue weighted by Crippen LogP contribution is -2.67.